The van der Waals surface area contributed by atoms with E-state index in [0.717, 1.165) is 12.3 Å². The van der Waals surface area contributed by atoms with E-state index in [1.165, 1.54) is 0 Å². The Balaban J connectivity index is 2.02. The predicted molar refractivity (Wildman–Crippen MR) is 67.7 cm³/mol. The predicted octanol–water partition coefficient (Wildman–Crippen LogP) is 1.98. The van der Waals surface area contributed by atoms with Crippen LogP contribution in [-0.4, -0.2) is 26.9 Å². The second-order valence-electron chi connectivity index (χ2n) is 4.39. The van der Waals surface area contributed by atoms with Crippen molar-refractivity contribution < 1.29 is 4.52 Å². The summed E-state index contributed by atoms with van der Waals surface area (Å²) >= 11 is 0. The summed E-state index contributed by atoms with van der Waals surface area (Å²) in [6.45, 7) is 6.90. The first-order valence-corrected chi connectivity index (χ1v) is 5.77. The Labute approximate surface area is 105 Å². The van der Waals surface area contributed by atoms with E-state index in [1.54, 1.807) is 12.3 Å². The molecule has 0 saturated carbocycles. The van der Waals surface area contributed by atoms with Crippen molar-refractivity contribution in [1.82, 2.24) is 20.3 Å². The second-order valence-corrected chi connectivity index (χ2v) is 4.39. The van der Waals surface area contributed by atoms with Gasteiger partial charge >= 0.3 is 0 Å². The normalized spacial score (nSPS) is 10.7. The summed E-state index contributed by atoms with van der Waals surface area (Å²) in [5.74, 6) is 2.89. The van der Waals surface area contributed by atoms with E-state index in [-0.39, 0.29) is 0 Å². The van der Waals surface area contributed by atoms with Crippen molar-refractivity contribution in [1.29, 1.82) is 0 Å². The molecule has 2 aromatic rings. The first kappa shape index (κ1) is 12.3. The summed E-state index contributed by atoms with van der Waals surface area (Å²) < 4.78 is 4.94. The molecular formula is C11H16N6O. The quantitative estimate of drug-likeness (QED) is 0.836. The van der Waals surface area contributed by atoms with Crippen LogP contribution in [0.1, 0.15) is 19.6 Å². The Hall–Kier alpha value is -2.18. The van der Waals surface area contributed by atoms with Crippen LogP contribution in [0, 0.1) is 12.8 Å². The second kappa shape index (κ2) is 5.44. The van der Waals surface area contributed by atoms with Crippen molar-refractivity contribution in [2.24, 2.45) is 5.92 Å². The number of aryl methyl sites for hydroxylation is 1. The molecule has 2 aromatic heterocycles. The monoisotopic (exact) mass is 248 g/mol. The summed E-state index contributed by atoms with van der Waals surface area (Å²) in [6.07, 6.45) is 1.58. The Morgan fingerprint density at radius 2 is 2.17 bits per heavy atom. The van der Waals surface area contributed by atoms with Crippen molar-refractivity contribution in [3.8, 4) is 0 Å². The highest BCUT2D eigenvalue weighted by molar-refractivity contribution is 5.48. The highest BCUT2D eigenvalue weighted by Crippen LogP contribution is 2.13. The van der Waals surface area contributed by atoms with Crippen LogP contribution >= 0.6 is 0 Å². The number of hydrogen-bond acceptors (Lipinski definition) is 7. The van der Waals surface area contributed by atoms with E-state index in [1.807, 2.05) is 6.92 Å². The molecule has 7 heteroatoms. The molecule has 0 fully saturated rings. The van der Waals surface area contributed by atoms with Gasteiger partial charge in [-0.05, 0) is 12.8 Å². The van der Waals surface area contributed by atoms with E-state index < -0.39 is 0 Å². The van der Waals surface area contributed by atoms with Crippen LogP contribution in [0.4, 0.5) is 17.6 Å². The molecule has 0 aliphatic heterocycles. The van der Waals surface area contributed by atoms with Gasteiger partial charge in [-0.25, -0.2) is 0 Å². The minimum Gasteiger partial charge on any atom is -0.368 e. The van der Waals surface area contributed by atoms with Crippen molar-refractivity contribution >= 4 is 17.6 Å². The first-order chi connectivity index (χ1) is 8.63. The number of rotatable bonds is 5. The molecule has 0 aliphatic carbocycles. The summed E-state index contributed by atoms with van der Waals surface area (Å²) in [4.78, 5) is 4.27. The molecule has 0 amide bonds. The fourth-order valence-electron chi connectivity index (χ4n) is 1.29. The zero-order chi connectivity index (χ0) is 13.0. The van der Waals surface area contributed by atoms with Gasteiger partial charge in [-0.3, -0.25) is 0 Å². The molecule has 7 nitrogen and oxygen atoms in total. The van der Waals surface area contributed by atoms with E-state index in [0.29, 0.717) is 23.5 Å². The van der Waals surface area contributed by atoms with Crippen molar-refractivity contribution in [3.05, 3.63) is 18.0 Å². The molecule has 0 radical (unpaired) electrons. The molecule has 2 N–H and O–H groups in total. The van der Waals surface area contributed by atoms with Gasteiger partial charge in [-0.15, -0.1) is 5.10 Å². The lowest BCUT2D eigenvalue weighted by Crippen LogP contribution is -2.10. The van der Waals surface area contributed by atoms with Gasteiger partial charge < -0.3 is 15.2 Å². The number of hydrogen-bond donors (Lipinski definition) is 2. The fraction of sp³-hybridized carbons (Fsp3) is 0.455. The molecule has 0 bridgehead atoms. The molecule has 0 atom stereocenters. The maximum Gasteiger partial charge on any atom is 0.250 e. The summed E-state index contributed by atoms with van der Waals surface area (Å²) in [7, 11) is 0. The van der Waals surface area contributed by atoms with E-state index in [2.05, 4.69) is 44.8 Å². The van der Waals surface area contributed by atoms with Gasteiger partial charge in [-0.1, -0.05) is 19.0 Å². The fourth-order valence-corrected chi connectivity index (χ4v) is 1.29. The van der Waals surface area contributed by atoms with Crippen molar-refractivity contribution in [3.63, 3.8) is 0 Å². The summed E-state index contributed by atoms with van der Waals surface area (Å²) in [5, 5.41) is 17.6. The maximum absolute atomic E-state index is 4.94. The number of aromatic nitrogens is 4. The van der Waals surface area contributed by atoms with Gasteiger partial charge in [-0.2, -0.15) is 10.1 Å². The SMILES string of the molecule is Cc1cc(Nc2nncc(NCC(C)C)n2)no1. The number of anilines is 3. The molecule has 0 saturated heterocycles. The van der Waals surface area contributed by atoms with Gasteiger partial charge in [0.2, 0.25) is 5.95 Å². The Morgan fingerprint density at radius 3 is 2.83 bits per heavy atom. The van der Waals surface area contributed by atoms with Crippen molar-refractivity contribution in [2.75, 3.05) is 17.2 Å². The van der Waals surface area contributed by atoms with E-state index >= 15 is 0 Å². The van der Waals surface area contributed by atoms with Crippen LogP contribution < -0.4 is 10.6 Å². The van der Waals surface area contributed by atoms with Gasteiger partial charge in [0.25, 0.3) is 0 Å². The van der Waals surface area contributed by atoms with Crippen LogP contribution in [0.5, 0.6) is 0 Å². The van der Waals surface area contributed by atoms with Crippen LogP contribution in [-0.2, 0) is 0 Å². The van der Waals surface area contributed by atoms with Gasteiger partial charge in [0, 0.05) is 12.6 Å². The van der Waals surface area contributed by atoms with E-state index in [9.17, 15) is 0 Å². The molecule has 0 spiro atoms. The Morgan fingerprint density at radius 1 is 1.33 bits per heavy atom. The lowest BCUT2D eigenvalue weighted by molar-refractivity contribution is 0.400. The van der Waals surface area contributed by atoms with Crippen LogP contribution in [0.3, 0.4) is 0 Å². The zero-order valence-electron chi connectivity index (χ0n) is 10.6. The largest absolute Gasteiger partial charge is 0.368 e. The zero-order valence-corrected chi connectivity index (χ0v) is 10.6. The van der Waals surface area contributed by atoms with E-state index in [4.69, 9.17) is 4.52 Å². The molecule has 0 aliphatic rings. The third-order valence-corrected chi connectivity index (χ3v) is 2.12. The molecule has 2 rings (SSSR count). The maximum atomic E-state index is 4.94. The van der Waals surface area contributed by atoms with Gasteiger partial charge in [0.15, 0.2) is 11.6 Å². The lowest BCUT2D eigenvalue weighted by Gasteiger charge is -2.08. The summed E-state index contributed by atoms with van der Waals surface area (Å²) in [6, 6.07) is 1.76. The Bertz CT molecular complexity index is 510. The minimum absolute atomic E-state index is 0.386. The molecule has 0 aromatic carbocycles. The molecule has 2 heterocycles. The smallest absolute Gasteiger partial charge is 0.250 e. The molecule has 18 heavy (non-hydrogen) atoms. The molecule has 96 valence electrons. The average molecular weight is 248 g/mol. The number of nitrogens with zero attached hydrogens (tertiary/aromatic N) is 4. The van der Waals surface area contributed by atoms with Crippen LogP contribution in [0.25, 0.3) is 0 Å². The molecule has 0 unspecified atom stereocenters. The number of nitrogens with one attached hydrogen (secondary N) is 2. The highest BCUT2D eigenvalue weighted by atomic mass is 16.5. The average Bonchev–Trinajstić information content (AvgIpc) is 2.73. The van der Waals surface area contributed by atoms with Gasteiger partial charge in [0.05, 0.1) is 6.20 Å². The topological polar surface area (TPSA) is 88.8 Å². The van der Waals surface area contributed by atoms with Gasteiger partial charge in [0.1, 0.15) is 5.76 Å². The van der Waals surface area contributed by atoms with Crippen LogP contribution in [0.2, 0.25) is 0 Å². The Kier molecular flexibility index (Phi) is 3.71. The third kappa shape index (κ3) is 3.41. The third-order valence-electron chi connectivity index (χ3n) is 2.12. The van der Waals surface area contributed by atoms with Crippen molar-refractivity contribution in [2.45, 2.75) is 20.8 Å². The lowest BCUT2D eigenvalue weighted by atomic mass is 10.2. The summed E-state index contributed by atoms with van der Waals surface area (Å²) in [5.41, 5.74) is 0. The standard InChI is InChI=1S/C11H16N6O/c1-7(2)5-12-10-6-13-16-11(15-10)14-9-4-8(3)18-17-9/h4,6-7H,5H2,1-3H3,(H2,12,14,15,16,17). The molecular weight excluding hydrogens is 232 g/mol. The van der Waals surface area contributed by atoms with Crippen LogP contribution in [0.15, 0.2) is 16.8 Å². The highest BCUT2D eigenvalue weighted by Gasteiger charge is 2.04. The minimum atomic E-state index is 0.386. The first-order valence-electron chi connectivity index (χ1n) is 5.77.